The molecule has 5 aromatic rings. The van der Waals surface area contributed by atoms with E-state index < -0.39 is 34.0 Å². The molecule has 0 saturated heterocycles. The van der Waals surface area contributed by atoms with Crippen LogP contribution in [0.15, 0.2) is 114 Å². The van der Waals surface area contributed by atoms with E-state index in [0.29, 0.717) is 22.1 Å². The lowest BCUT2D eigenvalue weighted by Gasteiger charge is -2.36. The molecule has 1 aliphatic heterocycles. The molecule has 0 saturated carbocycles. The Morgan fingerprint density at radius 1 is 0.833 bits per heavy atom. The Bertz CT molecular complexity index is 1920. The van der Waals surface area contributed by atoms with Crippen molar-refractivity contribution in [2.75, 3.05) is 0 Å². The number of carbonyl (C=O) groups excluding carboxylic acids is 1. The van der Waals surface area contributed by atoms with Gasteiger partial charge in [0.25, 0.3) is 10.0 Å². The average molecular weight is 588 g/mol. The first-order chi connectivity index (χ1) is 20.0. The SMILES string of the molecule is Cc1ccc(S(=O)(=O)N2Cc3c(-c4ccccc4)cc4ccccc4c3[C@@H](c3ccccc3OC(F)(F)F)C2=O)cc1. The van der Waals surface area contributed by atoms with Gasteiger partial charge in [-0.3, -0.25) is 4.79 Å². The number of hydrogen-bond acceptors (Lipinski definition) is 4. The molecule has 0 aromatic heterocycles. The van der Waals surface area contributed by atoms with Crippen LogP contribution >= 0.6 is 0 Å². The van der Waals surface area contributed by atoms with Crippen molar-refractivity contribution in [1.29, 1.82) is 0 Å². The lowest BCUT2D eigenvalue weighted by atomic mass is 9.78. The number of alkyl halides is 3. The van der Waals surface area contributed by atoms with Gasteiger partial charge in [-0.15, -0.1) is 13.2 Å². The quantitative estimate of drug-likeness (QED) is 0.213. The Kier molecular flexibility index (Phi) is 6.77. The van der Waals surface area contributed by atoms with Crippen molar-refractivity contribution >= 4 is 26.7 Å². The van der Waals surface area contributed by atoms with E-state index in [1.54, 1.807) is 24.3 Å². The molecule has 1 heterocycles. The van der Waals surface area contributed by atoms with E-state index in [9.17, 15) is 26.4 Å². The number of para-hydroxylation sites is 1. The minimum atomic E-state index is -5.03. The van der Waals surface area contributed by atoms with Crippen molar-refractivity contribution in [2.45, 2.75) is 30.6 Å². The number of halogens is 3. The smallest absolute Gasteiger partial charge is 0.405 e. The van der Waals surface area contributed by atoms with Gasteiger partial charge in [0, 0.05) is 5.56 Å². The molecule has 42 heavy (non-hydrogen) atoms. The van der Waals surface area contributed by atoms with Gasteiger partial charge in [-0.25, -0.2) is 12.7 Å². The van der Waals surface area contributed by atoms with Gasteiger partial charge in [-0.2, -0.15) is 0 Å². The Hall–Kier alpha value is -4.63. The topological polar surface area (TPSA) is 63.7 Å². The third kappa shape index (κ3) is 4.90. The highest BCUT2D eigenvalue weighted by Gasteiger charge is 2.44. The highest BCUT2D eigenvalue weighted by Crippen LogP contribution is 2.47. The highest BCUT2D eigenvalue weighted by molar-refractivity contribution is 7.89. The van der Waals surface area contributed by atoms with Gasteiger partial charge in [0.15, 0.2) is 0 Å². The molecule has 212 valence electrons. The maximum atomic E-state index is 14.4. The van der Waals surface area contributed by atoms with Crippen LogP contribution in [0.5, 0.6) is 5.75 Å². The second-order valence-corrected chi connectivity index (χ2v) is 11.9. The van der Waals surface area contributed by atoms with E-state index in [1.165, 1.54) is 30.3 Å². The third-order valence-corrected chi connectivity index (χ3v) is 9.19. The number of hydrogen-bond donors (Lipinski definition) is 0. The number of fused-ring (bicyclic) bond motifs is 3. The largest absolute Gasteiger partial charge is 0.573 e. The van der Waals surface area contributed by atoms with Crippen molar-refractivity contribution in [3.05, 3.63) is 131 Å². The van der Waals surface area contributed by atoms with Crippen molar-refractivity contribution in [3.63, 3.8) is 0 Å². The number of ether oxygens (including phenoxy) is 1. The Balaban J connectivity index is 1.68. The van der Waals surface area contributed by atoms with Gasteiger partial charge < -0.3 is 4.74 Å². The van der Waals surface area contributed by atoms with E-state index in [-0.39, 0.29) is 17.0 Å². The summed E-state index contributed by atoms with van der Waals surface area (Å²) in [6.45, 7) is 1.52. The van der Waals surface area contributed by atoms with Crippen molar-refractivity contribution in [3.8, 4) is 16.9 Å². The Morgan fingerprint density at radius 2 is 1.48 bits per heavy atom. The maximum absolute atomic E-state index is 14.4. The summed E-state index contributed by atoms with van der Waals surface area (Å²) in [4.78, 5) is 14.3. The molecule has 0 fully saturated rings. The first kappa shape index (κ1) is 27.5. The van der Waals surface area contributed by atoms with Crippen LogP contribution in [0.3, 0.4) is 0 Å². The maximum Gasteiger partial charge on any atom is 0.573 e. The molecule has 5 nitrogen and oxygen atoms in total. The van der Waals surface area contributed by atoms with Crippen molar-refractivity contribution in [1.82, 2.24) is 4.31 Å². The second kappa shape index (κ2) is 10.3. The van der Waals surface area contributed by atoms with Gasteiger partial charge in [-0.1, -0.05) is 90.5 Å². The Morgan fingerprint density at radius 3 is 2.19 bits per heavy atom. The van der Waals surface area contributed by atoms with Gasteiger partial charge in [0.2, 0.25) is 5.91 Å². The number of carbonyl (C=O) groups is 1. The fourth-order valence-electron chi connectivity index (χ4n) is 5.55. The molecular weight excluding hydrogens is 563 g/mol. The van der Waals surface area contributed by atoms with Crippen molar-refractivity contribution < 1.29 is 31.1 Å². The van der Waals surface area contributed by atoms with Gasteiger partial charge in [0.1, 0.15) is 5.75 Å². The zero-order valence-electron chi connectivity index (χ0n) is 22.3. The summed E-state index contributed by atoms with van der Waals surface area (Å²) in [6.07, 6.45) is -5.03. The third-order valence-electron chi connectivity index (χ3n) is 7.43. The summed E-state index contributed by atoms with van der Waals surface area (Å²) < 4.78 is 73.8. The minimum Gasteiger partial charge on any atom is -0.405 e. The predicted octanol–water partition coefficient (Wildman–Crippen LogP) is 7.58. The molecule has 1 amide bonds. The first-order valence-electron chi connectivity index (χ1n) is 13.1. The zero-order chi connectivity index (χ0) is 29.6. The second-order valence-electron chi connectivity index (χ2n) is 10.1. The average Bonchev–Trinajstić information content (AvgIpc) is 2.97. The molecule has 0 N–H and O–H groups in total. The molecule has 5 aromatic carbocycles. The van der Waals surface area contributed by atoms with E-state index in [1.807, 2.05) is 55.5 Å². The first-order valence-corrected chi connectivity index (χ1v) is 14.6. The molecule has 0 spiro atoms. The van der Waals surface area contributed by atoms with Gasteiger partial charge in [-0.05, 0) is 64.2 Å². The minimum absolute atomic E-state index is 0.0831. The van der Waals surface area contributed by atoms with Crippen molar-refractivity contribution in [2.24, 2.45) is 0 Å². The van der Waals surface area contributed by atoms with E-state index >= 15 is 0 Å². The Labute approximate surface area is 240 Å². The summed E-state index contributed by atoms with van der Waals surface area (Å²) in [5.74, 6) is -2.84. The van der Waals surface area contributed by atoms with E-state index in [0.717, 1.165) is 26.9 Å². The van der Waals surface area contributed by atoms with E-state index in [2.05, 4.69) is 4.74 Å². The summed E-state index contributed by atoms with van der Waals surface area (Å²) in [5.41, 5.74) is 3.19. The standard InChI is InChI=1S/C33H24F3NO4S/c1-21-15-17-24(18-16-21)42(39,40)37-20-28-27(22-9-3-2-4-10-22)19-23-11-5-6-12-25(23)30(28)31(32(37)38)26-13-7-8-14-29(26)41-33(34,35)36/h2-19,31H,20H2,1H3/t31-/m1/s1. The zero-order valence-corrected chi connectivity index (χ0v) is 23.1. The number of benzene rings is 5. The number of nitrogens with zero attached hydrogens (tertiary/aromatic N) is 1. The molecule has 0 bridgehead atoms. The van der Waals surface area contributed by atoms with Crippen LogP contribution in [0.1, 0.15) is 28.2 Å². The molecule has 6 rings (SSSR count). The number of sulfonamides is 1. The predicted molar refractivity (Wildman–Crippen MR) is 153 cm³/mol. The number of amides is 1. The fraction of sp³-hybridized carbons (Fsp3) is 0.121. The van der Waals surface area contributed by atoms with Crippen LogP contribution in [0.2, 0.25) is 0 Å². The van der Waals surface area contributed by atoms with Crippen LogP contribution in [0.25, 0.3) is 21.9 Å². The van der Waals surface area contributed by atoms with Crippen LogP contribution in [0.4, 0.5) is 13.2 Å². The molecule has 0 aliphatic carbocycles. The summed E-state index contributed by atoms with van der Waals surface area (Å²) in [7, 11) is -4.39. The highest BCUT2D eigenvalue weighted by atomic mass is 32.2. The summed E-state index contributed by atoms with van der Waals surface area (Å²) in [6, 6.07) is 29.9. The molecule has 0 radical (unpaired) electrons. The normalized spacial score (nSPS) is 15.5. The number of rotatable bonds is 5. The fourth-order valence-corrected chi connectivity index (χ4v) is 6.92. The van der Waals surface area contributed by atoms with Gasteiger partial charge >= 0.3 is 6.36 Å². The van der Waals surface area contributed by atoms with E-state index in [4.69, 9.17) is 0 Å². The summed E-state index contributed by atoms with van der Waals surface area (Å²) >= 11 is 0. The monoisotopic (exact) mass is 587 g/mol. The van der Waals surface area contributed by atoms with Gasteiger partial charge in [0.05, 0.1) is 17.4 Å². The van der Waals surface area contributed by atoms with Crippen LogP contribution in [0, 0.1) is 6.92 Å². The van der Waals surface area contributed by atoms with Crippen LogP contribution < -0.4 is 4.74 Å². The lowest BCUT2D eigenvalue weighted by molar-refractivity contribution is -0.275. The molecule has 0 unspecified atom stereocenters. The number of aryl methyl sites for hydroxylation is 1. The molecule has 9 heteroatoms. The molecule has 1 aliphatic rings. The molecule has 1 atom stereocenters. The summed E-state index contributed by atoms with van der Waals surface area (Å²) in [5, 5.41) is 1.40. The van der Waals surface area contributed by atoms with Crippen LogP contribution in [-0.4, -0.2) is 25.0 Å². The lowest BCUT2D eigenvalue weighted by Crippen LogP contribution is -2.44. The van der Waals surface area contributed by atoms with Crippen LogP contribution in [-0.2, 0) is 21.4 Å². The molecular formula is C33H24F3NO4S.